The third-order valence-electron chi connectivity index (χ3n) is 7.28. The molecule has 0 saturated carbocycles. The fraction of sp³-hybridized carbons (Fsp3) is 0.406. The lowest BCUT2D eigenvalue weighted by Gasteiger charge is -2.33. The minimum atomic E-state index is -0.281. The molecule has 0 bridgehead atoms. The van der Waals surface area contributed by atoms with Crippen molar-refractivity contribution in [2.75, 3.05) is 37.7 Å². The van der Waals surface area contributed by atoms with E-state index in [9.17, 15) is 4.79 Å². The normalized spacial score (nSPS) is 16.2. The predicted molar refractivity (Wildman–Crippen MR) is 152 cm³/mol. The van der Waals surface area contributed by atoms with Gasteiger partial charge in [-0.1, -0.05) is 57.5 Å². The molecule has 1 heterocycles. The van der Waals surface area contributed by atoms with E-state index >= 15 is 0 Å². The standard InChI is InChI=1S/C32H40N2O3/c1-6-11-20-36-32(35)26-15-13-12-14-25(26)31-27-18-16-23(33(7-2)8-3)21-29(27)37-30-22-24(17-19-28(30)31)34(9-4)10-5/h12-19,21-23H,6-11,20H2,1-5H3. The summed E-state index contributed by atoms with van der Waals surface area (Å²) in [5.74, 6) is 1.38. The van der Waals surface area contributed by atoms with Crippen molar-refractivity contribution in [1.82, 2.24) is 4.90 Å². The molecule has 2 aromatic rings. The highest BCUT2D eigenvalue weighted by Gasteiger charge is 2.30. The highest BCUT2D eigenvalue weighted by molar-refractivity contribution is 6.01. The van der Waals surface area contributed by atoms with E-state index in [0.717, 1.165) is 78.5 Å². The second-order valence-corrected chi connectivity index (χ2v) is 9.38. The van der Waals surface area contributed by atoms with Crippen molar-refractivity contribution in [3.8, 4) is 5.75 Å². The molecule has 1 atom stereocenters. The van der Waals surface area contributed by atoms with Crippen LogP contribution in [0.2, 0.25) is 0 Å². The van der Waals surface area contributed by atoms with Gasteiger partial charge in [-0.25, -0.2) is 4.79 Å². The maximum Gasteiger partial charge on any atom is 0.338 e. The number of carbonyl (C=O) groups excluding carboxylic acids is 1. The summed E-state index contributed by atoms with van der Waals surface area (Å²) >= 11 is 0. The number of rotatable bonds is 11. The van der Waals surface area contributed by atoms with E-state index in [-0.39, 0.29) is 12.0 Å². The summed E-state index contributed by atoms with van der Waals surface area (Å²) in [6.07, 6.45) is 8.43. The van der Waals surface area contributed by atoms with Crippen LogP contribution in [0.25, 0.3) is 5.57 Å². The van der Waals surface area contributed by atoms with E-state index in [0.29, 0.717) is 12.2 Å². The minimum absolute atomic E-state index is 0.164. The van der Waals surface area contributed by atoms with Crippen molar-refractivity contribution in [1.29, 1.82) is 0 Å². The molecule has 0 saturated heterocycles. The Kier molecular flexibility index (Phi) is 8.88. The molecule has 1 aliphatic carbocycles. The highest BCUT2D eigenvalue weighted by atomic mass is 16.5. The van der Waals surface area contributed by atoms with E-state index in [2.05, 4.69) is 80.8 Å². The smallest absolute Gasteiger partial charge is 0.338 e. The van der Waals surface area contributed by atoms with E-state index < -0.39 is 0 Å². The molecular weight excluding hydrogens is 460 g/mol. The Morgan fingerprint density at radius 2 is 1.70 bits per heavy atom. The molecule has 2 aliphatic rings. The first-order valence-electron chi connectivity index (χ1n) is 13.8. The fourth-order valence-corrected chi connectivity index (χ4v) is 5.15. The molecule has 0 N–H and O–H groups in total. The van der Waals surface area contributed by atoms with E-state index in [1.807, 2.05) is 24.3 Å². The number of carbonyl (C=O) groups is 1. The number of ether oxygens (including phenoxy) is 2. The van der Waals surface area contributed by atoms with Crippen molar-refractivity contribution in [3.63, 3.8) is 0 Å². The van der Waals surface area contributed by atoms with Crippen LogP contribution >= 0.6 is 0 Å². The van der Waals surface area contributed by atoms with Crippen molar-refractivity contribution in [2.24, 2.45) is 0 Å². The van der Waals surface area contributed by atoms with Crippen LogP contribution < -0.4 is 9.64 Å². The van der Waals surface area contributed by atoms with Crippen LogP contribution in [-0.4, -0.2) is 49.7 Å². The summed E-state index contributed by atoms with van der Waals surface area (Å²) in [5, 5.41) is 0. The minimum Gasteiger partial charge on any atom is -0.462 e. The van der Waals surface area contributed by atoms with Crippen LogP contribution in [0, 0.1) is 0 Å². The van der Waals surface area contributed by atoms with Crippen molar-refractivity contribution in [2.45, 2.75) is 53.5 Å². The van der Waals surface area contributed by atoms with Gasteiger partial charge in [-0.2, -0.15) is 0 Å². The Morgan fingerprint density at radius 3 is 2.41 bits per heavy atom. The van der Waals surface area contributed by atoms with Crippen LogP contribution in [0.4, 0.5) is 5.69 Å². The van der Waals surface area contributed by atoms with E-state index in [1.54, 1.807) is 0 Å². The number of unbranched alkanes of at least 4 members (excludes halogenated alkanes) is 1. The van der Waals surface area contributed by atoms with Crippen LogP contribution in [0.15, 0.2) is 72.0 Å². The van der Waals surface area contributed by atoms with Gasteiger partial charge >= 0.3 is 5.97 Å². The van der Waals surface area contributed by atoms with Gasteiger partial charge in [0.2, 0.25) is 0 Å². The molecule has 37 heavy (non-hydrogen) atoms. The quantitative estimate of drug-likeness (QED) is 0.249. The molecule has 0 radical (unpaired) electrons. The molecule has 1 aliphatic heterocycles. The molecule has 0 spiro atoms. The second kappa shape index (κ2) is 12.3. The molecule has 0 amide bonds. The van der Waals surface area contributed by atoms with Crippen LogP contribution in [-0.2, 0) is 4.74 Å². The fourth-order valence-electron chi connectivity index (χ4n) is 5.15. The Labute approximate surface area is 222 Å². The lowest BCUT2D eigenvalue weighted by Crippen LogP contribution is -2.34. The largest absolute Gasteiger partial charge is 0.462 e. The first kappa shape index (κ1) is 26.7. The Hall–Kier alpha value is -3.31. The summed E-state index contributed by atoms with van der Waals surface area (Å²) < 4.78 is 12.2. The van der Waals surface area contributed by atoms with Crippen molar-refractivity contribution < 1.29 is 14.3 Å². The first-order valence-corrected chi connectivity index (χ1v) is 13.8. The van der Waals surface area contributed by atoms with Gasteiger partial charge in [0, 0.05) is 41.6 Å². The number of esters is 1. The van der Waals surface area contributed by atoms with E-state index in [1.165, 1.54) is 0 Å². The molecule has 5 heteroatoms. The Balaban J connectivity index is 1.87. The number of hydrogen-bond acceptors (Lipinski definition) is 5. The molecule has 0 aromatic heterocycles. The van der Waals surface area contributed by atoms with Gasteiger partial charge in [-0.15, -0.1) is 0 Å². The maximum absolute atomic E-state index is 13.2. The maximum atomic E-state index is 13.2. The number of likely N-dealkylation sites (N-methyl/N-ethyl adjacent to an activating group) is 1. The molecule has 4 rings (SSSR count). The molecule has 2 aromatic carbocycles. The molecule has 1 unspecified atom stereocenters. The summed E-state index contributed by atoms with van der Waals surface area (Å²) in [7, 11) is 0. The zero-order valence-corrected chi connectivity index (χ0v) is 22.9. The van der Waals surface area contributed by atoms with Gasteiger partial charge in [0.15, 0.2) is 0 Å². The average Bonchev–Trinajstić information content (AvgIpc) is 2.93. The van der Waals surface area contributed by atoms with Crippen molar-refractivity contribution >= 4 is 17.2 Å². The summed E-state index contributed by atoms with van der Waals surface area (Å²) in [4.78, 5) is 17.9. The molecule has 0 fully saturated rings. The lowest BCUT2D eigenvalue weighted by atomic mass is 9.85. The molecular formula is C32H40N2O3. The number of anilines is 1. The molecule has 196 valence electrons. The van der Waals surface area contributed by atoms with Crippen LogP contribution in [0.5, 0.6) is 5.75 Å². The number of benzene rings is 2. The van der Waals surface area contributed by atoms with Crippen molar-refractivity contribution in [3.05, 3.63) is 88.7 Å². The van der Waals surface area contributed by atoms with Gasteiger partial charge < -0.3 is 14.4 Å². The van der Waals surface area contributed by atoms with Gasteiger partial charge in [0.25, 0.3) is 0 Å². The summed E-state index contributed by atoms with van der Waals surface area (Å²) in [6.45, 7) is 15.0. The second-order valence-electron chi connectivity index (χ2n) is 9.38. The zero-order valence-electron chi connectivity index (χ0n) is 22.9. The van der Waals surface area contributed by atoms with Gasteiger partial charge in [0.1, 0.15) is 11.5 Å². The van der Waals surface area contributed by atoms with Gasteiger partial charge in [-0.3, -0.25) is 4.90 Å². The van der Waals surface area contributed by atoms with Crippen LogP contribution in [0.1, 0.15) is 68.9 Å². The summed E-state index contributed by atoms with van der Waals surface area (Å²) in [6, 6.07) is 14.4. The lowest BCUT2D eigenvalue weighted by molar-refractivity contribution is 0.0499. The van der Waals surface area contributed by atoms with Gasteiger partial charge in [0.05, 0.1) is 18.2 Å². The van der Waals surface area contributed by atoms with Gasteiger partial charge in [-0.05, 0) is 63.2 Å². The zero-order chi connectivity index (χ0) is 26.4. The van der Waals surface area contributed by atoms with E-state index in [4.69, 9.17) is 9.47 Å². The predicted octanol–water partition coefficient (Wildman–Crippen LogP) is 6.85. The molecule has 5 nitrogen and oxygen atoms in total. The summed E-state index contributed by atoms with van der Waals surface area (Å²) in [5.41, 5.74) is 5.58. The number of nitrogens with zero attached hydrogens (tertiary/aromatic N) is 2. The highest BCUT2D eigenvalue weighted by Crippen LogP contribution is 2.45. The monoisotopic (exact) mass is 500 g/mol. The topological polar surface area (TPSA) is 42.0 Å². The third-order valence-corrected chi connectivity index (χ3v) is 7.28. The first-order chi connectivity index (χ1) is 18.1. The Bertz CT molecular complexity index is 1200. The average molecular weight is 501 g/mol. The number of fused-ring (bicyclic) bond motifs is 2. The van der Waals surface area contributed by atoms with Crippen LogP contribution in [0.3, 0.4) is 0 Å². The number of hydrogen-bond donors (Lipinski definition) is 0. The Morgan fingerprint density at radius 1 is 0.946 bits per heavy atom. The SMILES string of the molecule is CCCCOC(=O)c1ccccc1C1=C2C=CC(N(CC)CC)C=C2Oc2cc(N(CC)CC)ccc21. The third kappa shape index (κ3) is 5.52. The number of allylic oxidation sites excluding steroid dienone is 1.